The van der Waals surface area contributed by atoms with Gasteiger partial charge < -0.3 is 14.4 Å². The number of pyridine rings is 1. The van der Waals surface area contributed by atoms with Gasteiger partial charge in [-0.05, 0) is 48.7 Å². The Morgan fingerprint density at radius 3 is 2.68 bits per heavy atom. The van der Waals surface area contributed by atoms with Gasteiger partial charge >= 0.3 is 0 Å². The van der Waals surface area contributed by atoms with E-state index in [0.29, 0.717) is 36.1 Å². The molecule has 1 aromatic carbocycles. The summed E-state index contributed by atoms with van der Waals surface area (Å²) in [5, 5.41) is 7.43. The molecular weight excluding hydrogens is 356 g/mol. The van der Waals surface area contributed by atoms with Crippen molar-refractivity contribution >= 4 is 5.91 Å². The first kappa shape index (κ1) is 16.8. The van der Waals surface area contributed by atoms with Gasteiger partial charge in [0.1, 0.15) is 0 Å². The minimum absolute atomic E-state index is 0.0377. The van der Waals surface area contributed by atoms with Gasteiger partial charge in [-0.3, -0.25) is 14.9 Å². The van der Waals surface area contributed by atoms with Crippen molar-refractivity contribution in [3.63, 3.8) is 0 Å². The number of H-pyrrole nitrogens is 1. The molecule has 3 aromatic rings. The number of benzene rings is 1. The molecule has 0 saturated carbocycles. The van der Waals surface area contributed by atoms with E-state index in [-0.39, 0.29) is 12.7 Å². The Hall–Kier alpha value is -3.35. The maximum atomic E-state index is 12.9. The molecule has 1 saturated heterocycles. The summed E-state index contributed by atoms with van der Waals surface area (Å²) in [6.07, 6.45) is 7.25. The van der Waals surface area contributed by atoms with E-state index >= 15 is 0 Å². The number of likely N-dealkylation sites (tertiary alicyclic amines) is 1. The van der Waals surface area contributed by atoms with E-state index in [2.05, 4.69) is 15.2 Å². The fourth-order valence-electron chi connectivity index (χ4n) is 3.95. The highest BCUT2D eigenvalue weighted by Crippen LogP contribution is 2.35. The van der Waals surface area contributed by atoms with Gasteiger partial charge in [-0.1, -0.05) is 0 Å². The topological polar surface area (TPSA) is 80.3 Å². The van der Waals surface area contributed by atoms with E-state index in [0.717, 1.165) is 29.7 Å². The molecular formula is C21H20N4O3. The Balaban J connectivity index is 1.28. The van der Waals surface area contributed by atoms with Crippen LogP contribution in [0.4, 0.5) is 0 Å². The molecule has 0 aliphatic carbocycles. The lowest BCUT2D eigenvalue weighted by Crippen LogP contribution is -2.38. The number of fused-ring (bicyclic) bond motifs is 1. The Morgan fingerprint density at radius 1 is 1.07 bits per heavy atom. The van der Waals surface area contributed by atoms with E-state index in [1.54, 1.807) is 30.6 Å². The molecule has 1 fully saturated rings. The zero-order valence-electron chi connectivity index (χ0n) is 15.3. The summed E-state index contributed by atoms with van der Waals surface area (Å²) in [6.45, 7) is 1.64. The van der Waals surface area contributed by atoms with Gasteiger partial charge in [0.05, 0.1) is 6.20 Å². The van der Waals surface area contributed by atoms with Gasteiger partial charge in [0.25, 0.3) is 5.91 Å². The second-order valence-electron chi connectivity index (χ2n) is 7.07. The van der Waals surface area contributed by atoms with Crippen LogP contribution in [0.3, 0.4) is 0 Å². The first-order valence-corrected chi connectivity index (χ1v) is 9.42. The van der Waals surface area contributed by atoms with Crippen LogP contribution in [0.1, 0.15) is 34.8 Å². The van der Waals surface area contributed by atoms with Crippen molar-refractivity contribution in [3.05, 3.63) is 60.2 Å². The number of hydrogen-bond donors (Lipinski definition) is 1. The summed E-state index contributed by atoms with van der Waals surface area (Å²) in [7, 11) is 0. The summed E-state index contributed by atoms with van der Waals surface area (Å²) < 4.78 is 10.7. The Morgan fingerprint density at radius 2 is 1.86 bits per heavy atom. The smallest absolute Gasteiger partial charge is 0.253 e. The zero-order valence-corrected chi connectivity index (χ0v) is 15.3. The van der Waals surface area contributed by atoms with Gasteiger partial charge in [0.2, 0.25) is 6.79 Å². The predicted molar refractivity (Wildman–Crippen MR) is 102 cm³/mol. The van der Waals surface area contributed by atoms with E-state index in [1.807, 2.05) is 23.2 Å². The molecule has 1 N–H and O–H groups in total. The van der Waals surface area contributed by atoms with Crippen LogP contribution in [-0.2, 0) is 0 Å². The Labute approximate surface area is 162 Å². The molecule has 1 amide bonds. The molecule has 142 valence electrons. The van der Waals surface area contributed by atoms with Crippen molar-refractivity contribution in [3.8, 4) is 22.6 Å². The van der Waals surface area contributed by atoms with Crippen LogP contribution in [0.2, 0.25) is 0 Å². The summed E-state index contributed by atoms with van der Waals surface area (Å²) in [4.78, 5) is 18.9. The van der Waals surface area contributed by atoms with E-state index in [4.69, 9.17) is 9.47 Å². The molecule has 2 aromatic heterocycles. The van der Waals surface area contributed by atoms with Gasteiger partial charge in [0, 0.05) is 48.2 Å². The quantitative estimate of drug-likeness (QED) is 0.759. The van der Waals surface area contributed by atoms with Crippen molar-refractivity contribution in [1.29, 1.82) is 0 Å². The zero-order chi connectivity index (χ0) is 18.9. The summed E-state index contributed by atoms with van der Waals surface area (Å²) in [5.74, 6) is 1.72. The molecule has 28 heavy (non-hydrogen) atoms. The molecule has 2 aliphatic heterocycles. The molecule has 2 aliphatic rings. The summed E-state index contributed by atoms with van der Waals surface area (Å²) >= 11 is 0. The number of amides is 1. The highest BCUT2D eigenvalue weighted by Gasteiger charge is 2.28. The fraction of sp³-hybridized carbons (Fsp3) is 0.286. The Bertz CT molecular complexity index is 994. The van der Waals surface area contributed by atoms with Crippen LogP contribution in [0.5, 0.6) is 11.5 Å². The maximum Gasteiger partial charge on any atom is 0.253 e. The predicted octanol–water partition coefficient (Wildman–Crippen LogP) is 3.22. The molecule has 4 heterocycles. The number of ether oxygens (including phenoxy) is 2. The van der Waals surface area contributed by atoms with Crippen LogP contribution in [-0.4, -0.2) is 45.9 Å². The number of hydrogen-bond acceptors (Lipinski definition) is 5. The molecule has 0 spiro atoms. The minimum atomic E-state index is 0.0377. The number of piperidine rings is 1. The third-order valence-corrected chi connectivity index (χ3v) is 5.47. The number of nitrogens with zero attached hydrogens (tertiary/aromatic N) is 3. The monoisotopic (exact) mass is 376 g/mol. The molecule has 7 heteroatoms. The van der Waals surface area contributed by atoms with Gasteiger partial charge in [-0.15, -0.1) is 0 Å². The van der Waals surface area contributed by atoms with Crippen LogP contribution < -0.4 is 9.47 Å². The summed E-state index contributed by atoms with van der Waals surface area (Å²) in [5.41, 5.74) is 4.00. The molecule has 0 unspecified atom stereocenters. The minimum Gasteiger partial charge on any atom is -0.454 e. The molecule has 5 rings (SSSR count). The van der Waals surface area contributed by atoms with Crippen molar-refractivity contribution in [2.24, 2.45) is 0 Å². The van der Waals surface area contributed by atoms with Gasteiger partial charge in [-0.25, -0.2) is 0 Å². The highest BCUT2D eigenvalue weighted by molar-refractivity contribution is 5.95. The molecule has 0 radical (unpaired) electrons. The van der Waals surface area contributed by atoms with E-state index in [9.17, 15) is 4.79 Å². The van der Waals surface area contributed by atoms with Crippen LogP contribution in [0.25, 0.3) is 11.1 Å². The number of nitrogens with one attached hydrogen (secondary N) is 1. The first-order chi connectivity index (χ1) is 13.8. The van der Waals surface area contributed by atoms with Crippen LogP contribution in [0.15, 0.2) is 48.9 Å². The van der Waals surface area contributed by atoms with Crippen LogP contribution >= 0.6 is 0 Å². The van der Waals surface area contributed by atoms with Gasteiger partial charge in [-0.2, -0.15) is 5.10 Å². The fourth-order valence-corrected chi connectivity index (χ4v) is 3.95. The first-order valence-electron chi connectivity index (χ1n) is 9.42. The normalized spacial score (nSPS) is 16.4. The van der Waals surface area contributed by atoms with Crippen molar-refractivity contribution in [2.75, 3.05) is 19.9 Å². The van der Waals surface area contributed by atoms with E-state index in [1.165, 1.54) is 0 Å². The number of rotatable bonds is 3. The maximum absolute atomic E-state index is 12.9. The largest absolute Gasteiger partial charge is 0.454 e. The lowest BCUT2D eigenvalue weighted by molar-refractivity contribution is 0.0712. The molecule has 7 nitrogen and oxygen atoms in total. The Kier molecular flexibility index (Phi) is 4.20. The number of aromatic nitrogens is 3. The third-order valence-electron chi connectivity index (χ3n) is 5.47. The lowest BCUT2D eigenvalue weighted by atomic mass is 9.89. The second-order valence-corrected chi connectivity index (χ2v) is 7.07. The lowest BCUT2D eigenvalue weighted by Gasteiger charge is -2.32. The van der Waals surface area contributed by atoms with Crippen molar-refractivity contribution in [1.82, 2.24) is 20.1 Å². The highest BCUT2D eigenvalue weighted by atomic mass is 16.7. The molecule has 0 bridgehead atoms. The van der Waals surface area contributed by atoms with Crippen LogP contribution in [0, 0.1) is 0 Å². The standard InChI is InChI=1S/C21H20N4O3/c26-21(16-1-2-18-19(11-16)28-13-27-18)25-9-5-15(6-10-25)20-17(12-23-24-20)14-3-7-22-8-4-14/h1-4,7-8,11-12,15H,5-6,9-10,13H2,(H,23,24). The third kappa shape index (κ3) is 2.98. The van der Waals surface area contributed by atoms with Crippen molar-refractivity contribution < 1.29 is 14.3 Å². The number of carbonyl (C=O) groups excluding carboxylic acids is 1. The van der Waals surface area contributed by atoms with E-state index < -0.39 is 0 Å². The van der Waals surface area contributed by atoms with Gasteiger partial charge in [0.15, 0.2) is 11.5 Å². The van der Waals surface area contributed by atoms with Crippen molar-refractivity contribution in [2.45, 2.75) is 18.8 Å². The number of aromatic amines is 1. The number of carbonyl (C=O) groups is 1. The second kappa shape index (κ2) is 6.99. The average Bonchev–Trinajstić information content (AvgIpc) is 3.43. The molecule has 0 atom stereocenters. The summed E-state index contributed by atoms with van der Waals surface area (Å²) in [6, 6.07) is 9.36. The SMILES string of the molecule is O=C(c1ccc2c(c1)OCO2)N1CCC(c2[nH]ncc2-c2ccncc2)CC1. The average molecular weight is 376 g/mol.